The number of nitrogens with zero attached hydrogens (tertiary/aromatic N) is 2. The van der Waals surface area contributed by atoms with Gasteiger partial charge in [0.2, 0.25) is 0 Å². The lowest BCUT2D eigenvalue weighted by Crippen LogP contribution is -2.60. The van der Waals surface area contributed by atoms with Gasteiger partial charge in [-0.3, -0.25) is 9.80 Å². The van der Waals surface area contributed by atoms with Gasteiger partial charge in [-0.25, -0.2) is 0 Å². The van der Waals surface area contributed by atoms with E-state index in [0.717, 1.165) is 19.6 Å². The fourth-order valence-corrected chi connectivity index (χ4v) is 4.23. The number of rotatable bonds is 3. The maximum atomic E-state index is 6.32. The van der Waals surface area contributed by atoms with Crippen LogP contribution >= 0.6 is 0 Å². The molecule has 3 heteroatoms. The van der Waals surface area contributed by atoms with E-state index in [1.807, 2.05) is 0 Å². The highest BCUT2D eigenvalue weighted by Gasteiger charge is 2.41. The molecule has 1 unspecified atom stereocenters. The van der Waals surface area contributed by atoms with Crippen LogP contribution < -0.4 is 5.73 Å². The second-order valence-corrected chi connectivity index (χ2v) is 6.86. The van der Waals surface area contributed by atoms with Gasteiger partial charge < -0.3 is 5.73 Å². The maximum Gasteiger partial charge on any atom is 0.0587 e. The first-order valence-corrected chi connectivity index (χ1v) is 8.45. The number of nitrogens with two attached hydrogens (primary N) is 1. The van der Waals surface area contributed by atoms with Gasteiger partial charge in [0.1, 0.15) is 0 Å². The molecule has 1 aromatic rings. The number of hydrogen-bond acceptors (Lipinski definition) is 3. The van der Waals surface area contributed by atoms with Crippen molar-refractivity contribution in [1.29, 1.82) is 0 Å². The molecule has 1 aliphatic heterocycles. The molecule has 0 amide bonds. The summed E-state index contributed by atoms with van der Waals surface area (Å²) < 4.78 is 0. The van der Waals surface area contributed by atoms with Gasteiger partial charge in [-0.1, -0.05) is 24.3 Å². The summed E-state index contributed by atoms with van der Waals surface area (Å²) in [5, 5.41) is 0. The highest BCUT2D eigenvalue weighted by Crippen LogP contribution is 2.40. The summed E-state index contributed by atoms with van der Waals surface area (Å²) in [5.41, 5.74) is 9.42. The first-order valence-electron chi connectivity index (χ1n) is 8.45. The Labute approximate surface area is 129 Å². The van der Waals surface area contributed by atoms with Crippen LogP contribution in [0.4, 0.5) is 0 Å². The van der Waals surface area contributed by atoms with Crippen molar-refractivity contribution in [2.75, 3.05) is 32.7 Å². The smallest absolute Gasteiger partial charge is 0.0587 e. The summed E-state index contributed by atoms with van der Waals surface area (Å²) in [6, 6.07) is 9.61. The van der Waals surface area contributed by atoms with Gasteiger partial charge in [0.05, 0.1) is 5.54 Å². The van der Waals surface area contributed by atoms with Crippen molar-refractivity contribution in [3.8, 4) is 0 Å². The summed E-state index contributed by atoms with van der Waals surface area (Å²) in [7, 11) is 0. The molecule has 0 saturated carbocycles. The van der Waals surface area contributed by atoms with E-state index in [2.05, 4.69) is 47.9 Å². The number of fused-ring (bicyclic) bond motifs is 1. The molecular weight excluding hydrogens is 258 g/mol. The lowest BCUT2D eigenvalue weighted by atomic mass is 9.75. The summed E-state index contributed by atoms with van der Waals surface area (Å²) in [5.74, 6) is 0. The van der Waals surface area contributed by atoms with E-state index in [0.29, 0.717) is 6.04 Å². The minimum Gasteiger partial charge on any atom is -0.328 e. The zero-order valence-electron chi connectivity index (χ0n) is 13.5. The molecule has 1 atom stereocenters. The summed E-state index contributed by atoms with van der Waals surface area (Å²) in [4.78, 5) is 5.25. The van der Waals surface area contributed by atoms with Crippen LogP contribution in [0, 0.1) is 0 Å². The monoisotopic (exact) mass is 287 g/mol. The molecule has 0 aromatic heterocycles. The van der Waals surface area contributed by atoms with E-state index in [1.54, 1.807) is 0 Å². The Balaban J connectivity index is 1.86. The molecular formula is C18H29N3. The average Bonchev–Trinajstić information content (AvgIpc) is 2.54. The van der Waals surface area contributed by atoms with Crippen LogP contribution in [-0.2, 0) is 12.0 Å². The van der Waals surface area contributed by atoms with Crippen molar-refractivity contribution in [2.24, 2.45) is 5.73 Å². The Bertz CT molecular complexity index is 477. The van der Waals surface area contributed by atoms with Gasteiger partial charge in [-0.05, 0) is 44.2 Å². The van der Waals surface area contributed by atoms with Crippen molar-refractivity contribution in [1.82, 2.24) is 9.80 Å². The third-order valence-electron chi connectivity index (χ3n) is 5.54. The molecule has 1 fully saturated rings. The largest absolute Gasteiger partial charge is 0.328 e. The SMILES string of the molecule is CC(C)N1CCN(C2(CN)CCCc3ccccc32)CC1. The molecule has 1 aromatic carbocycles. The van der Waals surface area contributed by atoms with Gasteiger partial charge in [-0.15, -0.1) is 0 Å². The normalized spacial score (nSPS) is 27.8. The fraction of sp³-hybridized carbons (Fsp3) is 0.667. The minimum atomic E-state index is 0.0813. The van der Waals surface area contributed by atoms with Crippen LogP contribution in [0.25, 0.3) is 0 Å². The first-order chi connectivity index (χ1) is 10.2. The molecule has 2 aliphatic rings. The van der Waals surface area contributed by atoms with Crippen molar-refractivity contribution in [3.05, 3.63) is 35.4 Å². The van der Waals surface area contributed by atoms with Crippen LogP contribution in [0.5, 0.6) is 0 Å². The van der Waals surface area contributed by atoms with E-state index in [4.69, 9.17) is 5.73 Å². The Kier molecular flexibility index (Phi) is 4.34. The van der Waals surface area contributed by atoms with Crippen LogP contribution in [0.2, 0.25) is 0 Å². The lowest BCUT2D eigenvalue weighted by Gasteiger charge is -2.50. The van der Waals surface area contributed by atoms with E-state index >= 15 is 0 Å². The molecule has 0 radical (unpaired) electrons. The van der Waals surface area contributed by atoms with Gasteiger partial charge in [0, 0.05) is 38.8 Å². The van der Waals surface area contributed by atoms with Gasteiger partial charge in [0.25, 0.3) is 0 Å². The quantitative estimate of drug-likeness (QED) is 0.925. The second-order valence-electron chi connectivity index (χ2n) is 6.86. The molecule has 0 spiro atoms. The molecule has 2 N–H and O–H groups in total. The molecule has 3 nitrogen and oxygen atoms in total. The number of hydrogen-bond donors (Lipinski definition) is 1. The van der Waals surface area contributed by atoms with Crippen molar-refractivity contribution in [3.63, 3.8) is 0 Å². The van der Waals surface area contributed by atoms with Crippen molar-refractivity contribution < 1.29 is 0 Å². The molecule has 3 rings (SSSR count). The predicted octanol–water partition coefficient (Wildman–Crippen LogP) is 2.20. The Morgan fingerprint density at radius 1 is 1.14 bits per heavy atom. The van der Waals surface area contributed by atoms with Crippen molar-refractivity contribution >= 4 is 0 Å². The maximum absolute atomic E-state index is 6.32. The van der Waals surface area contributed by atoms with Crippen molar-refractivity contribution in [2.45, 2.75) is 44.7 Å². The third kappa shape index (κ3) is 2.63. The number of piperazine rings is 1. The van der Waals surface area contributed by atoms with E-state index in [-0.39, 0.29) is 5.54 Å². The summed E-state index contributed by atoms with van der Waals surface area (Å²) >= 11 is 0. The fourth-order valence-electron chi connectivity index (χ4n) is 4.23. The van der Waals surface area contributed by atoms with Crippen LogP contribution in [0.1, 0.15) is 37.8 Å². The molecule has 0 bridgehead atoms. The van der Waals surface area contributed by atoms with Gasteiger partial charge in [-0.2, -0.15) is 0 Å². The second kappa shape index (κ2) is 6.07. The van der Waals surface area contributed by atoms with Crippen LogP contribution in [0.15, 0.2) is 24.3 Å². The number of benzene rings is 1. The Morgan fingerprint density at radius 2 is 1.86 bits per heavy atom. The highest BCUT2D eigenvalue weighted by molar-refractivity contribution is 5.37. The summed E-state index contributed by atoms with van der Waals surface area (Å²) in [6.07, 6.45) is 3.69. The van der Waals surface area contributed by atoms with Crippen LogP contribution in [0.3, 0.4) is 0 Å². The Morgan fingerprint density at radius 3 is 2.52 bits per heavy atom. The lowest BCUT2D eigenvalue weighted by molar-refractivity contribution is 0.0136. The predicted molar refractivity (Wildman–Crippen MR) is 88.4 cm³/mol. The van der Waals surface area contributed by atoms with Gasteiger partial charge >= 0.3 is 0 Å². The minimum absolute atomic E-state index is 0.0813. The zero-order valence-corrected chi connectivity index (χ0v) is 13.5. The zero-order chi connectivity index (χ0) is 14.9. The van der Waals surface area contributed by atoms with Crippen LogP contribution in [-0.4, -0.2) is 48.6 Å². The number of aryl methyl sites for hydroxylation is 1. The molecule has 1 aliphatic carbocycles. The standard InChI is InChI=1S/C18H29N3/c1-15(2)20-10-12-21(13-11-20)18(14-19)9-5-7-16-6-3-4-8-17(16)18/h3-4,6,8,15H,5,7,9-14,19H2,1-2H3. The average molecular weight is 287 g/mol. The Hall–Kier alpha value is -0.900. The molecule has 21 heavy (non-hydrogen) atoms. The molecule has 1 heterocycles. The van der Waals surface area contributed by atoms with E-state index in [9.17, 15) is 0 Å². The van der Waals surface area contributed by atoms with E-state index < -0.39 is 0 Å². The molecule has 1 saturated heterocycles. The van der Waals surface area contributed by atoms with Gasteiger partial charge in [0.15, 0.2) is 0 Å². The topological polar surface area (TPSA) is 32.5 Å². The first kappa shape index (κ1) is 15.0. The van der Waals surface area contributed by atoms with E-state index in [1.165, 1.54) is 43.5 Å². The summed E-state index contributed by atoms with van der Waals surface area (Å²) in [6.45, 7) is 9.96. The molecule has 116 valence electrons. The highest BCUT2D eigenvalue weighted by atomic mass is 15.3. The third-order valence-corrected chi connectivity index (χ3v) is 5.54.